The molecule has 4 nitrogen and oxygen atoms in total. The normalized spacial score (nSPS) is 16.1. The number of carbonyl (C=O) groups is 1. The summed E-state index contributed by atoms with van der Waals surface area (Å²) < 4.78 is 5.29. The number of hydrogen-bond acceptors (Lipinski definition) is 2. The van der Waals surface area contributed by atoms with E-state index in [1.165, 1.54) is 0 Å². The number of anilines is 1. The van der Waals surface area contributed by atoms with E-state index in [2.05, 4.69) is 10.6 Å². The van der Waals surface area contributed by atoms with E-state index in [9.17, 15) is 4.79 Å². The van der Waals surface area contributed by atoms with Crippen LogP contribution in [-0.2, 0) is 4.74 Å². The zero-order chi connectivity index (χ0) is 13.7. The molecule has 0 spiro atoms. The van der Waals surface area contributed by atoms with E-state index >= 15 is 0 Å². The summed E-state index contributed by atoms with van der Waals surface area (Å²) in [5.74, 6) is 0.514. The number of rotatable bonds is 3. The molecule has 0 atom stereocenters. The number of amides is 2. The molecule has 0 radical (unpaired) electrons. The van der Waals surface area contributed by atoms with Gasteiger partial charge in [-0.15, -0.1) is 0 Å². The lowest BCUT2D eigenvalue weighted by atomic mass is 10.0. The van der Waals surface area contributed by atoms with Crippen molar-refractivity contribution in [1.29, 1.82) is 0 Å². The average molecular weight is 283 g/mol. The molecule has 1 fully saturated rings. The summed E-state index contributed by atoms with van der Waals surface area (Å²) in [6.45, 7) is 4.16. The first-order valence-electron chi connectivity index (χ1n) is 6.54. The van der Waals surface area contributed by atoms with Crippen molar-refractivity contribution in [3.63, 3.8) is 0 Å². The Bertz CT molecular complexity index is 445. The van der Waals surface area contributed by atoms with Crippen LogP contribution in [0.3, 0.4) is 0 Å². The molecular weight excluding hydrogens is 264 g/mol. The number of nitrogens with one attached hydrogen (secondary N) is 2. The molecule has 5 heteroatoms. The molecule has 1 aromatic rings. The average Bonchev–Trinajstić information content (AvgIpc) is 2.43. The van der Waals surface area contributed by atoms with Gasteiger partial charge in [0.1, 0.15) is 0 Å². The van der Waals surface area contributed by atoms with Gasteiger partial charge < -0.3 is 15.4 Å². The van der Waals surface area contributed by atoms with E-state index in [0.717, 1.165) is 37.3 Å². The van der Waals surface area contributed by atoms with Crippen LogP contribution in [0.2, 0.25) is 5.02 Å². The van der Waals surface area contributed by atoms with Gasteiger partial charge in [-0.1, -0.05) is 17.7 Å². The zero-order valence-electron chi connectivity index (χ0n) is 11.0. The van der Waals surface area contributed by atoms with Crippen molar-refractivity contribution >= 4 is 23.3 Å². The lowest BCUT2D eigenvalue weighted by Crippen LogP contribution is -2.35. The summed E-state index contributed by atoms with van der Waals surface area (Å²) in [6.07, 6.45) is 2.02. The first-order chi connectivity index (χ1) is 9.16. The second kappa shape index (κ2) is 6.78. The minimum absolute atomic E-state index is 0.183. The number of hydrogen-bond donors (Lipinski definition) is 2. The highest BCUT2D eigenvalue weighted by Crippen LogP contribution is 2.22. The molecule has 0 aliphatic carbocycles. The lowest BCUT2D eigenvalue weighted by molar-refractivity contribution is 0.0671. The van der Waals surface area contributed by atoms with Gasteiger partial charge in [-0.2, -0.15) is 0 Å². The molecular formula is C14H19ClN2O2. The van der Waals surface area contributed by atoms with Crippen LogP contribution in [0.4, 0.5) is 10.5 Å². The van der Waals surface area contributed by atoms with Crippen LogP contribution in [0, 0.1) is 12.8 Å². The van der Waals surface area contributed by atoms with Crippen molar-refractivity contribution in [1.82, 2.24) is 5.32 Å². The fourth-order valence-electron chi connectivity index (χ4n) is 2.10. The first-order valence-corrected chi connectivity index (χ1v) is 6.92. The molecule has 104 valence electrons. The van der Waals surface area contributed by atoms with Crippen LogP contribution in [0.15, 0.2) is 18.2 Å². The van der Waals surface area contributed by atoms with Crippen LogP contribution in [0.25, 0.3) is 0 Å². The standard InChI is InChI=1S/C14H19ClN2O2/c1-10-12(15)3-2-4-13(10)17-14(18)16-9-11-5-7-19-8-6-11/h2-4,11H,5-9H2,1H3,(H2,16,17,18). The molecule has 2 N–H and O–H groups in total. The van der Waals surface area contributed by atoms with Gasteiger partial charge in [-0.3, -0.25) is 0 Å². The van der Waals surface area contributed by atoms with Crippen molar-refractivity contribution < 1.29 is 9.53 Å². The molecule has 0 aromatic heterocycles. The van der Waals surface area contributed by atoms with E-state index in [4.69, 9.17) is 16.3 Å². The maximum absolute atomic E-state index is 11.8. The Kier molecular flexibility index (Phi) is 5.05. The van der Waals surface area contributed by atoms with E-state index < -0.39 is 0 Å². The molecule has 1 saturated heterocycles. The van der Waals surface area contributed by atoms with Crippen molar-refractivity contribution in [2.75, 3.05) is 25.1 Å². The van der Waals surface area contributed by atoms with E-state index in [1.54, 1.807) is 0 Å². The Morgan fingerprint density at radius 3 is 2.89 bits per heavy atom. The Labute approximate surface area is 118 Å². The fourth-order valence-corrected chi connectivity index (χ4v) is 2.27. The van der Waals surface area contributed by atoms with E-state index in [-0.39, 0.29) is 6.03 Å². The second-order valence-electron chi connectivity index (χ2n) is 4.80. The monoisotopic (exact) mass is 282 g/mol. The molecule has 2 rings (SSSR count). The molecule has 1 aromatic carbocycles. The van der Waals surface area contributed by atoms with E-state index in [0.29, 0.717) is 17.5 Å². The summed E-state index contributed by atoms with van der Waals surface area (Å²) in [4.78, 5) is 11.8. The number of carbonyl (C=O) groups excluding carboxylic acids is 1. The fraction of sp³-hybridized carbons (Fsp3) is 0.500. The van der Waals surface area contributed by atoms with Crippen LogP contribution in [0.5, 0.6) is 0 Å². The molecule has 0 saturated carbocycles. The number of ether oxygens (including phenoxy) is 1. The van der Waals surface area contributed by atoms with E-state index in [1.807, 2.05) is 25.1 Å². The minimum atomic E-state index is -0.183. The maximum Gasteiger partial charge on any atom is 0.319 e. The van der Waals surface area contributed by atoms with Gasteiger partial charge in [0.15, 0.2) is 0 Å². The Hall–Kier alpha value is -1.26. The van der Waals surface area contributed by atoms with Crippen molar-refractivity contribution in [2.24, 2.45) is 5.92 Å². The van der Waals surface area contributed by atoms with Crippen LogP contribution in [-0.4, -0.2) is 25.8 Å². The van der Waals surface area contributed by atoms with Crippen molar-refractivity contribution in [3.05, 3.63) is 28.8 Å². The summed E-state index contributed by atoms with van der Waals surface area (Å²) in [5, 5.41) is 6.38. The molecule has 2 amide bonds. The zero-order valence-corrected chi connectivity index (χ0v) is 11.8. The highest BCUT2D eigenvalue weighted by atomic mass is 35.5. The van der Waals surface area contributed by atoms with Gasteiger partial charge in [-0.05, 0) is 43.4 Å². The van der Waals surface area contributed by atoms with Crippen LogP contribution in [0.1, 0.15) is 18.4 Å². The Morgan fingerprint density at radius 1 is 1.42 bits per heavy atom. The predicted molar refractivity (Wildman–Crippen MR) is 76.8 cm³/mol. The molecule has 1 aliphatic rings. The number of halogens is 1. The van der Waals surface area contributed by atoms with Gasteiger partial charge >= 0.3 is 6.03 Å². The van der Waals surface area contributed by atoms with Crippen LogP contribution >= 0.6 is 11.6 Å². The molecule has 1 aliphatic heterocycles. The van der Waals surface area contributed by atoms with Crippen LogP contribution < -0.4 is 10.6 Å². The Morgan fingerprint density at radius 2 is 2.16 bits per heavy atom. The summed E-state index contributed by atoms with van der Waals surface area (Å²) in [7, 11) is 0. The van der Waals surface area contributed by atoms with Gasteiger partial charge in [0.25, 0.3) is 0 Å². The van der Waals surface area contributed by atoms with Crippen molar-refractivity contribution in [2.45, 2.75) is 19.8 Å². The quantitative estimate of drug-likeness (QED) is 0.894. The van der Waals surface area contributed by atoms with Gasteiger partial charge in [0, 0.05) is 30.5 Å². The predicted octanol–water partition coefficient (Wildman–Crippen LogP) is 3.20. The largest absolute Gasteiger partial charge is 0.381 e. The third kappa shape index (κ3) is 4.11. The maximum atomic E-state index is 11.8. The molecule has 0 bridgehead atoms. The van der Waals surface area contributed by atoms with Gasteiger partial charge in [-0.25, -0.2) is 4.79 Å². The number of urea groups is 1. The third-order valence-electron chi connectivity index (χ3n) is 3.41. The summed E-state index contributed by atoms with van der Waals surface area (Å²) >= 11 is 6.01. The third-order valence-corrected chi connectivity index (χ3v) is 3.82. The Balaban J connectivity index is 1.82. The second-order valence-corrected chi connectivity index (χ2v) is 5.21. The summed E-state index contributed by atoms with van der Waals surface area (Å²) in [6, 6.07) is 5.29. The van der Waals surface area contributed by atoms with Gasteiger partial charge in [0.05, 0.1) is 0 Å². The minimum Gasteiger partial charge on any atom is -0.381 e. The lowest BCUT2D eigenvalue weighted by Gasteiger charge is -2.22. The van der Waals surface area contributed by atoms with Crippen molar-refractivity contribution in [3.8, 4) is 0 Å². The summed E-state index contributed by atoms with van der Waals surface area (Å²) in [5.41, 5.74) is 1.63. The molecule has 0 unspecified atom stereocenters. The topological polar surface area (TPSA) is 50.4 Å². The highest BCUT2D eigenvalue weighted by molar-refractivity contribution is 6.31. The van der Waals surface area contributed by atoms with Gasteiger partial charge in [0.2, 0.25) is 0 Å². The molecule has 1 heterocycles. The highest BCUT2D eigenvalue weighted by Gasteiger charge is 2.14. The number of benzene rings is 1. The molecule has 19 heavy (non-hydrogen) atoms. The smallest absolute Gasteiger partial charge is 0.319 e. The SMILES string of the molecule is Cc1c(Cl)cccc1NC(=O)NCC1CCOCC1. The first kappa shape index (κ1) is 14.2.